The van der Waals surface area contributed by atoms with Crippen molar-refractivity contribution in [3.8, 4) is 6.07 Å². The van der Waals surface area contributed by atoms with Gasteiger partial charge in [-0.15, -0.1) is 0 Å². The Bertz CT molecular complexity index is 534. The molecule has 0 aromatic carbocycles. The summed E-state index contributed by atoms with van der Waals surface area (Å²) < 4.78 is 7.15. The molecule has 1 unspecified atom stereocenters. The van der Waals surface area contributed by atoms with Crippen molar-refractivity contribution >= 4 is 0 Å². The van der Waals surface area contributed by atoms with Crippen LogP contribution in [-0.2, 0) is 20.0 Å². The molecule has 0 spiro atoms. The summed E-state index contributed by atoms with van der Waals surface area (Å²) in [6.45, 7) is 2.88. The molecule has 1 atom stereocenters. The van der Waals surface area contributed by atoms with E-state index in [-0.39, 0.29) is 0 Å². The van der Waals surface area contributed by atoms with Gasteiger partial charge in [-0.3, -0.25) is 0 Å². The standard InChI is InChI=1S/C14H17N3O/c1-11(6-14-4-3-5-18-14)16-9-12-7-13(8-15)17(2)10-12/h3-5,7,10-11,16H,6,9H2,1-2H3. The van der Waals surface area contributed by atoms with E-state index in [0.717, 1.165) is 24.3 Å². The van der Waals surface area contributed by atoms with Gasteiger partial charge in [0.25, 0.3) is 0 Å². The molecule has 1 N–H and O–H groups in total. The molecule has 2 aromatic heterocycles. The van der Waals surface area contributed by atoms with Crippen LogP contribution in [0.5, 0.6) is 0 Å². The Morgan fingerprint density at radius 3 is 3.00 bits per heavy atom. The van der Waals surface area contributed by atoms with Crippen LogP contribution in [0.1, 0.15) is 23.9 Å². The number of rotatable bonds is 5. The quantitative estimate of drug-likeness (QED) is 0.876. The molecule has 0 fully saturated rings. The first-order chi connectivity index (χ1) is 8.69. The maximum Gasteiger partial charge on any atom is 0.120 e. The first-order valence-electron chi connectivity index (χ1n) is 6.00. The third-order valence-corrected chi connectivity index (χ3v) is 2.92. The van der Waals surface area contributed by atoms with E-state index in [4.69, 9.17) is 9.68 Å². The normalized spacial score (nSPS) is 12.3. The van der Waals surface area contributed by atoms with Gasteiger partial charge in [0.2, 0.25) is 0 Å². The van der Waals surface area contributed by atoms with Gasteiger partial charge >= 0.3 is 0 Å². The minimum Gasteiger partial charge on any atom is -0.469 e. The average Bonchev–Trinajstić information content (AvgIpc) is 2.96. The summed E-state index contributed by atoms with van der Waals surface area (Å²) >= 11 is 0. The molecule has 94 valence electrons. The largest absolute Gasteiger partial charge is 0.469 e. The highest BCUT2D eigenvalue weighted by Gasteiger charge is 2.07. The number of nitrogens with one attached hydrogen (secondary N) is 1. The van der Waals surface area contributed by atoms with E-state index >= 15 is 0 Å². The monoisotopic (exact) mass is 243 g/mol. The molecule has 2 rings (SSSR count). The summed E-state index contributed by atoms with van der Waals surface area (Å²) in [7, 11) is 1.88. The minimum absolute atomic E-state index is 0.335. The lowest BCUT2D eigenvalue weighted by Crippen LogP contribution is -2.27. The Balaban J connectivity index is 1.85. The number of hydrogen-bond acceptors (Lipinski definition) is 3. The fraction of sp³-hybridized carbons (Fsp3) is 0.357. The molecule has 0 radical (unpaired) electrons. The number of aromatic nitrogens is 1. The molecule has 0 saturated carbocycles. The Labute approximate surface area is 107 Å². The first kappa shape index (κ1) is 12.5. The summed E-state index contributed by atoms with van der Waals surface area (Å²) in [4.78, 5) is 0. The van der Waals surface area contributed by atoms with Crippen LogP contribution in [-0.4, -0.2) is 10.6 Å². The van der Waals surface area contributed by atoms with Crippen LogP contribution in [0.25, 0.3) is 0 Å². The van der Waals surface area contributed by atoms with Crippen LogP contribution in [0, 0.1) is 11.3 Å². The van der Waals surface area contributed by atoms with Crippen LogP contribution in [0.2, 0.25) is 0 Å². The third kappa shape index (κ3) is 3.02. The fourth-order valence-electron chi connectivity index (χ4n) is 1.94. The lowest BCUT2D eigenvalue weighted by Gasteiger charge is -2.11. The maximum atomic E-state index is 8.88. The average molecular weight is 243 g/mol. The molecule has 4 nitrogen and oxygen atoms in total. The van der Waals surface area contributed by atoms with Crippen molar-refractivity contribution in [1.29, 1.82) is 5.26 Å². The Hall–Kier alpha value is -1.99. The van der Waals surface area contributed by atoms with Crippen LogP contribution in [0.15, 0.2) is 35.1 Å². The molecule has 0 aliphatic rings. The second-order valence-electron chi connectivity index (χ2n) is 4.52. The number of furan rings is 1. The fourth-order valence-corrected chi connectivity index (χ4v) is 1.94. The Morgan fingerprint density at radius 2 is 2.39 bits per heavy atom. The smallest absolute Gasteiger partial charge is 0.120 e. The third-order valence-electron chi connectivity index (χ3n) is 2.92. The summed E-state index contributed by atoms with van der Waals surface area (Å²) in [5.74, 6) is 0.987. The van der Waals surface area contributed by atoms with Gasteiger partial charge in [-0.1, -0.05) is 0 Å². The highest BCUT2D eigenvalue weighted by Crippen LogP contribution is 2.08. The minimum atomic E-state index is 0.335. The second-order valence-corrected chi connectivity index (χ2v) is 4.52. The molecule has 0 saturated heterocycles. The van der Waals surface area contributed by atoms with Gasteiger partial charge in [-0.2, -0.15) is 5.26 Å². The number of nitrogens with zero attached hydrogens (tertiary/aromatic N) is 2. The Kier molecular flexibility index (Phi) is 3.85. The molecule has 0 amide bonds. The van der Waals surface area contributed by atoms with Gasteiger partial charge in [-0.05, 0) is 30.7 Å². The molecule has 2 aromatic rings. The van der Waals surface area contributed by atoms with Gasteiger partial charge in [0.1, 0.15) is 17.5 Å². The van der Waals surface area contributed by atoms with Gasteiger partial charge < -0.3 is 14.3 Å². The van der Waals surface area contributed by atoms with Crippen LogP contribution >= 0.6 is 0 Å². The summed E-state index contributed by atoms with van der Waals surface area (Å²) in [6, 6.07) is 8.29. The first-order valence-corrected chi connectivity index (χ1v) is 6.00. The number of hydrogen-bond donors (Lipinski definition) is 1. The van der Waals surface area contributed by atoms with Gasteiger partial charge in [-0.25, -0.2) is 0 Å². The maximum absolute atomic E-state index is 8.88. The lowest BCUT2D eigenvalue weighted by molar-refractivity contribution is 0.456. The van der Waals surface area contributed by atoms with E-state index in [0.29, 0.717) is 11.7 Å². The Morgan fingerprint density at radius 1 is 1.56 bits per heavy atom. The highest BCUT2D eigenvalue weighted by molar-refractivity contribution is 5.28. The van der Waals surface area contributed by atoms with E-state index in [1.807, 2.05) is 36.0 Å². The van der Waals surface area contributed by atoms with Gasteiger partial charge in [0, 0.05) is 32.3 Å². The summed E-state index contributed by atoms with van der Waals surface area (Å²) in [5.41, 5.74) is 1.81. The number of nitriles is 1. The molecule has 2 heterocycles. The molecule has 0 aliphatic carbocycles. The van der Waals surface area contributed by atoms with Gasteiger partial charge in [0.05, 0.1) is 6.26 Å². The SMILES string of the molecule is CC(Cc1ccco1)NCc1cc(C#N)n(C)c1. The van der Waals surface area contributed by atoms with Crippen molar-refractivity contribution in [3.63, 3.8) is 0 Å². The lowest BCUT2D eigenvalue weighted by atomic mass is 10.2. The highest BCUT2D eigenvalue weighted by atomic mass is 16.3. The zero-order valence-corrected chi connectivity index (χ0v) is 10.7. The topological polar surface area (TPSA) is 53.9 Å². The molecular weight excluding hydrogens is 226 g/mol. The molecule has 0 bridgehead atoms. The van der Waals surface area contributed by atoms with Crippen molar-refractivity contribution in [2.45, 2.75) is 25.9 Å². The van der Waals surface area contributed by atoms with E-state index in [1.54, 1.807) is 6.26 Å². The van der Waals surface area contributed by atoms with Crippen LogP contribution in [0.3, 0.4) is 0 Å². The van der Waals surface area contributed by atoms with Gasteiger partial charge in [0.15, 0.2) is 0 Å². The number of aryl methyl sites for hydroxylation is 1. The molecule has 0 aliphatic heterocycles. The van der Waals surface area contributed by atoms with Crippen molar-refractivity contribution in [1.82, 2.24) is 9.88 Å². The molecular formula is C14H17N3O. The summed E-state index contributed by atoms with van der Waals surface area (Å²) in [6.07, 6.45) is 4.54. The zero-order chi connectivity index (χ0) is 13.0. The second kappa shape index (κ2) is 5.56. The van der Waals surface area contributed by atoms with Crippen molar-refractivity contribution in [3.05, 3.63) is 47.7 Å². The van der Waals surface area contributed by atoms with Crippen LogP contribution in [0.4, 0.5) is 0 Å². The van der Waals surface area contributed by atoms with E-state index in [9.17, 15) is 0 Å². The van der Waals surface area contributed by atoms with E-state index in [2.05, 4.69) is 18.3 Å². The van der Waals surface area contributed by atoms with E-state index in [1.165, 1.54) is 0 Å². The zero-order valence-electron chi connectivity index (χ0n) is 10.7. The molecule has 4 heteroatoms. The van der Waals surface area contributed by atoms with Crippen molar-refractivity contribution in [2.24, 2.45) is 7.05 Å². The summed E-state index contributed by atoms with van der Waals surface area (Å²) in [5, 5.41) is 12.3. The van der Waals surface area contributed by atoms with Crippen molar-refractivity contribution < 1.29 is 4.42 Å². The van der Waals surface area contributed by atoms with Crippen molar-refractivity contribution in [2.75, 3.05) is 0 Å². The predicted molar refractivity (Wildman–Crippen MR) is 68.8 cm³/mol. The van der Waals surface area contributed by atoms with E-state index < -0.39 is 0 Å². The predicted octanol–water partition coefficient (Wildman–Crippen LogP) is 2.21. The van der Waals surface area contributed by atoms with Crippen LogP contribution < -0.4 is 5.32 Å². The molecule has 18 heavy (non-hydrogen) atoms.